The SMILES string of the molecule is CN=C(NCCOc1ccc(C(F)(F)F)cn1)N1CCC(C)C(n2ccnc2)C1. The van der Waals surface area contributed by atoms with Crippen molar-refractivity contribution in [3.05, 3.63) is 42.6 Å². The molecule has 0 aliphatic carbocycles. The van der Waals surface area contributed by atoms with E-state index < -0.39 is 11.7 Å². The van der Waals surface area contributed by atoms with Crippen molar-refractivity contribution in [3.63, 3.8) is 0 Å². The third kappa shape index (κ3) is 5.39. The van der Waals surface area contributed by atoms with Crippen molar-refractivity contribution in [2.45, 2.75) is 25.6 Å². The van der Waals surface area contributed by atoms with Gasteiger partial charge in [0.1, 0.15) is 6.61 Å². The molecular weight excluding hydrogens is 385 g/mol. The number of piperidine rings is 1. The van der Waals surface area contributed by atoms with Crippen molar-refractivity contribution < 1.29 is 17.9 Å². The smallest absolute Gasteiger partial charge is 0.417 e. The lowest BCUT2D eigenvalue weighted by atomic mass is 9.93. The number of halogens is 3. The molecular formula is C19H25F3N6O. The fourth-order valence-electron chi connectivity index (χ4n) is 3.38. The van der Waals surface area contributed by atoms with Crippen molar-refractivity contribution in [1.29, 1.82) is 0 Å². The minimum atomic E-state index is -4.40. The van der Waals surface area contributed by atoms with E-state index in [0.29, 0.717) is 18.5 Å². The second-order valence-corrected chi connectivity index (χ2v) is 6.99. The Morgan fingerprint density at radius 1 is 1.38 bits per heavy atom. The highest BCUT2D eigenvalue weighted by Gasteiger charge is 2.31. The summed E-state index contributed by atoms with van der Waals surface area (Å²) < 4.78 is 45.2. The normalized spacial score (nSPS) is 20.6. The van der Waals surface area contributed by atoms with Gasteiger partial charge in [-0.1, -0.05) is 6.92 Å². The Hall–Kier alpha value is -2.78. The maximum atomic E-state index is 12.6. The van der Waals surface area contributed by atoms with E-state index in [1.54, 1.807) is 13.2 Å². The summed E-state index contributed by atoms with van der Waals surface area (Å²) in [6, 6.07) is 2.50. The Morgan fingerprint density at radius 2 is 2.21 bits per heavy atom. The summed E-state index contributed by atoms with van der Waals surface area (Å²) in [6.45, 7) is 4.67. The largest absolute Gasteiger partial charge is 0.476 e. The van der Waals surface area contributed by atoms with E-state index in [-0.39, 0.29) is 12.5 Å². The zero-order valence-corrected chi connectivity index (χ0v) is 16.4. The van der Waals surface area contributed by atoms with Gasteiger partial charge in [-0.25, -0.2) is 9.97 Å². The predicted molar refractivity (Wildman–Crippen MR) is 103 cm³/mol. The third-order valence-electron chi connectivity index (χ3n) is 5.04. The topological polar surface area (TPSA) is 67.6 Å². The molecule has 3 heterocycles. The molecule has 7 nitrogen and oxygen atoms in total. The maximum Gasteiger partial charge on any atom is 0.417 e. The van der Waals surface area contributed by atoms with Crippen molar-refractivity contribution in [2.75, 3.05) is 33.3 Å². The lowest BCUT2D eigenvalue weighted by Crippen LogP contribution is -2.49. The number of pyridine rings is 1. The number of likely N-dealkylation sites (tertiary alicyclic amines) is 1. The number of guanidine groups is 1. The third-order valence-corrected chi connectivity index (χ3v) is 5.04. The number of alkyl halides is 3. The minimum absolute atomic E-state index is 0.154. The van der Waals surface area contributed by atoms with Crippen molar-refractivity contribution in [3.8, 4) is 5.88 Å². The van der Waals surface area contributed by atoms with Gasteiger partial charge in [0, 0.05) is 44.8 Å². The molecule has 10 heteroatoms. The van der Waals surface area contributed by atoms with Crippen LogP contribution in [0.4, 0.5) is 13.2 Å². The molecule has 1 saturated heterocycles. The number of aromatic nitrogens is 3. The molecule has 2 aromatic heterocycles. The lowest BCUT2D eigenvalue weighted by molar-refractivity contribution is -0.137. The van der Waals surface area contributed by atoms with Crippen LogP contribution in [-0.2, 0) is 6.18 Å². The van der Waals surface area contributed by atoms with Gasteiger partial charge < -0.3 is 19.5 Å². The van der Waals surface area contributed by atoms with Crippen molar-refractivity contribution in [2.24, 2.45) is 10.9 Å². The van der Waals surface area contributed by atoms with E-state index >= 15 is 0 Å². The van der Waals surface area contributed by atoms with Crippen LogP contribution in [-0.4, -0.2) is 58.7 Å². The van der Waals surface area contributed by atoms with E-state index in [0.717, 1.165) is 37.7 Å². The van der Waals surface area contributed by atoms with Crippen LogP contribution in [0.1, 0.15) is 24.9 Å². The Labute approximate surface area is 167 Å². The first-order valence-electron chi connectivity index (χ1n) is 9.47. The summed E-state index contributed by atoms with van der Waals surface area (Å²) in [5.41, 5.74) is -0.796. The molecule has 2 aromatic rings. The second-order valence-electron chi connectivity index (χ2n) is 6.99. The fourth-order valence-corrected chi connectivity index (χ4v) is 3.38. The van der Waals surface area contributed by atoms with Gasteiger partial charge >= 0.3 is 6.18 Å². The van der Waals surface area contributed by atoms with Crippen LogP contribution in [0.3, 0.4) is 0 Å². The van der Waals surface area contributed by atoms with Gasteiger partial charge in [-0.05, 0) is 18.4 Å². The van der Waals surface area contributed by atoms with Gasteiger partial charge in [0.25, 0.3) is 0 Å². The quantitative estimate of drug-likeness (QED) is 0.467. The summed E-state index contributed by atoms with van der Waals surface area (Å²) in [4.78, 5) is 14.4. The molecule has 0 radical (unpaired) electrons. The Morgan fingerprint density at radius 3 is 2.83 bits per heavy atom. The zero-order valence-electron chi connectivity index (χ0n) is 16.4. The fraction of sp³-hybridized carbons (Fsp3) is 0.526. The zero-order chi connectivity index (χ0) is 20.9. The molecule has 0 bridgehead atoms. The van der Waals surface area contributed by atoms with Crippen LogP contribution >= 0.6 is 0 Å². The van der Waals surface area contributed by atoms with Crippen LogP contribution in [0.25, 0.3) is 0 Å². The maximum absolute atomic E-state index is 12.6. The molecule has 0 saturated carbocycles. The van der Waals surface area contributed by atoms with E-state index in [1.165, 1.54) is 6.07 Å². The Bertz CT molecular complexity index is 791. The molecule has 0 aromatic carbocycles. The number of nitrogens with one attached hydrogen (secondary N) is 1. The van der Waals surface area contributed by atoms with E-state index in [4.69, 9.17) is 4.74 Å². The first-order chi connectivity index (χ1) is 13.9. The second kappa shape index (κ2) is 9.15. The summed E-state index contributed by atoms with van der Waals surface area (Å²) >= 11 is 0. The highest BCUT2D eigenvalue weighted by Crippen LogP contribution is 2.29. The van der Waals surface area contributed by atoms with Gasteiger partial charge in [-0.3, -0.25) is 4.99 Å². The molecule has 0 spiro atoms. The average molecular weight is 410 g/mol. The van der Waals surface area contributed by atoms with Crippen LogP contribution in [0, 0.1) is 5.92 Å². The average Bonchev–Trinajstić information content (AvgIpc) is 3.23. The summed E-state index contributed by atoms with van der Waals surface area (Å²) in [5.74, 6) is 1.46. The van der Waals surface area contributed by atoms with Crippen LogP contribution < -0.4 is 10.1 Å². The van der Waals surface area contributed by atoms with Crippen molar-refractivity contribution >= 4 is 5.96 Å². The molecule has 158 valence electrons. The standard InChI is InChI=1S/C19H25F3N6O/c1-14-5-8-27(12-16(14)28-9-6-24-13-28)18(23-2)25-7-10-29-17-4-3-15(11-26-17)19(20,21)22/h3-4,6,9,11,13-14,16H,5,7-8,10,12H2,1-2H3,(H,23,25). The van der Waals surface area contributed by atoms with E-state index in [1.807, 2.05) is 12.5 Å². The molecule has 2 unspecified atom stereocenters. The molecule has 0 amide bonds. The number of nitrogens with zero attached hydrogens (tertiary/aromatic N) is 5. The molecule has 29 heavy (non-hydrogen) atoms. The molecule has 1 aliphatic heterocycles. The minimum Gasteiger partial charge on any atom is -0.476 e. The highest BCUT2D eigenvalue weighted by molar-refractivity contribution is 5.80. The van der Waals surface area contributed by atoms with Gasteiger partial charge in [0.05, 0.1) is 24.5 Å². The van der Waals surface area contributed by atoms with Gasteiger partial charge in [0.2, 0.25) is 5.88 Å². The predicted octanol–water partition coefficient (Wildman–Crippen LogP) is 2.83. The Balaban J connectivity index is 1.48. The number of aliphatic imine (C=N–C) groups is 1. The van der Waals surface area contributed by atoms with Crippen LogP contribution in [0.15, 0.2) is 42.0 Å². The first kappa shape index (κ1) is 20.9. The highest BCUT2D eigenvalue weighted by atomic mass is 19.4. The molecule has 1 fully saturated rings. The van der Waals surface area contributed by atoms with Crippen LogP contribution in [0.2, 0.25) is 0 Å². The number of ether oxygens (including phenoxy) is 1. The van der Waals surface area contributed by atoms with E-state index in [2.05, 4.69) is 36.7 Å². The summed E-state index contributed by atoms with van der Waals surface area (Å²) in [7, 11) is 1.73. The monoisotopic (exact) mass is 410 g/mol. The molecule has 1 aliphatic rings. The number of rotatable bonds is 5. The first-order valence-corrected chi connectivity index (χ1v) is 9.47. The van der Waals surface area contributed by atoms with Crippen molar-refractivity contribution in [1.82, 2.24) is 24.8 Å². The molecule has 2 atom stereocenters. The van der Waals surface area contributed by atoms with Crippen LogP contribution in [0.5, 0.6) is 5.88 Å². The van der Waals surface area contributed by atoms with Gasteiger partial charge in [-0.2, -0.15) is 13.2 Å². The number of imidazole rings is 1. The summed E-state index contributed by atoms with van der Waals surface area (Å²) in [5, 5.41) is 3.24. The van der Waals surface area contributed by atoms with Gasteiger partial charge in [-0.15, -0.1) is 0 Å². The van der Waals surface area contributed by atoms with Gasteiger partial charge in [0.15, 0.2) is 5.96 Å². The molecule has 1 N–H and O–H groups in total. The number of hydrogen-bond donors (Lipinski definition) is 1. The number of hydrogen-bond acceptors (Lipinski definition) is 4. The van der Waals surface area contributed by atoms with E-state index in [9.17, 15) is 13.2 Å². The summed E-state index contributed by atoms with van der Waals surface area (Å²) in [6.07, 6.45) is 3.01. The Kier molecular flexibility index (Phi) is 6.60. The molecule has 3 rings (SSSR count). The lowest BCUT2D eigenvalue weighted by Gasteiger charge is -2.39.